The van der Waals surface area contributed by atoms with Crippen LogP contribution in [-0.2, 0) is 24.1 Å². The van der Waals surface area contributed by atoms with Crippen LogP contribution in [0.2, 0.25) is 10.0 Å². The maximum atomic E-state index is 13.0. The number of rotatable bonds is 6. The molecule has 164 valence electrons. The highest BCUT2D eigenvalue weighted by atomic mass is 35.5. The molecule has 2 aromatic heterocycles. The first-order valence-electron chi connectivity index (χ1n) is 8.52. The average molecular weight is 477 g/mol. The van der Waals surface area contributed by atoms with Crippen molar-refractivity contribution >= 4 is 40.6 Å². The molecule has 1 aromatic carbocycles. The van der Waals surface area contributed by atoms with Crippen LogP contribution >= 0.6 is 23.2 Å². The summed E-state index contributed by atoms with van der Waals surface area (Å²) >= 11 is 12.2. The Morgan fingerprint density at radius 2 is 1.90 bits per heavy atom. The molecule has 0 saturated carbocycles. The van der Waals surface area contributed by atoms with Gasteiger partial charge in [-0.05, 0) is 18.6 Å². The third-order valence-corrected chi connectivity index (χ3v) is 4.83. The van der Waals surface area contributed by atoms with E-state index in [4.69, 9.17) is 23.2 Å². The predicted molar refractivity (Wildman–Crippen MR) is 105 cm³/mol. The number of hydrogen-bond donors (Lipinski definition) is 1. The molecule has 0 unspecified atom stereocenters. The van der Waals surface area contributed by atoms with Gasteiger partial charge in [0, 0.05) is 11.2 Å². The van der Waals surface area contributed by atoms with Crippen LogP contribution in [0.4, 0.5) is 24.7 Å². The fourth-order valence-electron chi connectivity index (χ4n) is 2.77. The van der Waals surface area contributed by atoms with Gasteiger partial charge >= 0.3 is 11.9 Å². The number of amides is 1. The van der Waals surface area contributed by atoms with E-state index in [-0.39, 0.29) is 17.4 Å². The van der Waals surface area contributed by atoms with Gasteiger partial charge in [0.1, 0.15) is 17.3 Å². The summed E-state index contributed by atoms with van der Waals surface area (Å²) in [6.07, 6.45) is -3.61. The highest BCUT2D eigenvalue weighted by molar-refractivity contribution is 6.33. The SMILES string of the molecule is Cc1c([N+](=O)[O-])c(C(F)(F)F)nn1CC(=O)Nc1nn(Cc2ccccc2Cl)cc1Cl. The summed E-state index contributed by atoms with van der Waals surface area (Å²) in [6.45, 7) is 0.615. The van der Waals surface area contributed by atoms with E-state index in [1.807, 2.05) is 0 Å². The molecule has 14 heteroatoms. The molecule has 9 nitrogen and oxygen atoms in total. The standard InChI is InChI=1S/C17H13Cl2F3N6O3/c1-9-14(28(30)31)15(17(20,21)22)24-27(9)8-13(29)23-16-12(19)7-26(25-16)6-10-4-2-3-5-11(10)18/h2-5,7H,6,8H2,1H3,(H,23,25,29). The lowest BCUT2D eigenvalue weighted by atomic mass is 10.2. The van der Waals surface area contributed by atoms with Gasteiger partial charge in [-0.2, -0.15) is 23.4 Å². The second-order valence-electron chi connectivity index (χ2n) is 6.36. The van der Waals surface area contributed by atoms with E-state index in [0.717, 1.165) is 12.5 Å². The molecule has 0 saturated heterocycles. The van der Waals surface area contributed by atoms with Crippen molar-refractivity contribution in [3.05, 3.63) is 67.6 Å². The Bertz CT molecular complexity index is 1160. The molecule has 0 bridgehead atoms. The van der Waals surface area contributed by atoms with E-state index in [0.29, 0.717) is 9.70 Å². The molecular formula is C17H13Cl2F3N6O3. The van der Waals surface area contributed by atoms with Crippen LogP contribution in [0.15, 0.2) is 30.5 Å². The smallest absolute Gasteiger partial charge is 0.306 e. The highest BCUT2D eigenvalue weighted by Crippen LogP contribution is 2.37. The van der Waals surface area contributed by atoms with Gasteiger partial charge in [-0.1, -0.05) is 41.4 Å². The molecule has 0 aliphatic carbocycles. The number of anilines is 1. The van der Waals surface area contributed by atoms with Gasteiger partial charge in [0.15, 0.2) is 5.82 Å². The maximum Gasteiger partial charge on any atom is 0.442 e. The lowest BCUT2D eigenvalue weighted by Crippen LogP contribution is -2.21. The molecule has 3 rings (SSSR count). The Kier molecular flexibility index (Phi) is 6.23. The lowest BCUT2D eigenvalue weighted by Gasteiger charge is -2.05. The predicted octanol–water partition coefficient (Wildman–Crippen LogP) is 4.31. The van der Waals surface area contributed by atoms with Gasteiger partial charge in [-0.3, -0.25) is 24.3 Å². The van der Waals surface area contributed by atoms with E-state index in [9.17, 15) is 28.1 Å². The van der Waals surface area contributed by atoms with Gasteiger partial charge in [0.2, 0.25) is 11.6 Å². The van der Waals surface area contributed by atoms with Crippen molar-refractivity contribution in [2.75, 3.05) is 5.32 Å². The van der Waals surface area contributed by atoms with Crippen LogP contribution in [0.1, 0.15) is 17.0 Å². The lowest BCUT2D eigenvalue weighted by molar-refractivity contribution is -0.388. The Morgan fingerprint density at radius 3 is 2.48 bits per heavy atom. The zero-order valence-electron chi connectivity index (χ0n) is 15.7. The first kappa shape index (κ1) is 22.6. The Labute approximate surface area is 182 Å². The van der Waals surface area contributed by atoms with Crippen molar-refractivity contribution in [3.63, 3.8) is 0 Å². The fourth-order valence-corrected chi connectivity index (χ4v) is 3.16. The quantitative estimate of drug-likeness (QED) is 0.421. The van der Waals surface area contributed by atoms with E-state index in [2.05, 4.69) is 15.5 Å². The molecule has 0 spiro atoms. The number of alkyl halides is 3. The van der Waals surface area contributed by atoms with E-state index >= 15 is 0 Å². The Balaban J connectivity index is 1.77. The van der Waals surface area contributed by atoms with E-state index in [1.165, 1.54) is 10.9 Å². The Morgan fingerprint density at radius 1 is 1.23 bits per heavy atom. The van der Waals surface area contributed by atoms with E-state index < -0.39 is 40.6 Å². The summed E-state index contributed by atoms with van der Waals surface area (Å²) in [6, 6.07) is 7.03. The summed E-state index contributed by atoms with van der Waals surface area (Å²) in [5.41, 5.74) is -2.55. The molecule has 2 heterocycles. The largest absolute Gasteiger partial charge is 0.442 e. The molecule has 0 atom stereocenters. The minimum atomic E-state index is -5.05. The summed E-state index contributed by atoms with van der Waals surface area (Å²) in [4.78, 5) is 22.1. The maximum absolute atomic E-state index is 13.0. The number of carbonyl (C=O) groups excluding carboxylic acids is 1. The van der Waals surface area contributed by atoms with Crippen LogP contribution in [-0.4, -0.2) is 30.4 Å². The summed E-state index contributed by atoms with van der Waals surface area (Å²) in [5, 5.41) is 21.3. The van der Waals surface area contributed by atoms with Crippen LogP contribution in [0, 0.1) is 17.0 Å². The number of nitro groups is 1. The highest BCUT2D eigenvalue weighted by Gasteiger charge is 2.44. The van der Waals surface area contributed by atoms with Crippen LogP contribution in [0.3, 0.4) is 0 Å². The molecule has 1 N–H and O–H groups in total. The van der Waals surface area contributed by atoms with Gasteiger partial charge in [0.25, 0.3) is 0 Å². The van der Waals surface area contributed by atoms with Crippen LogP contribution in [0.5, 0.6) is 0 Å². The van der Waals surface area contributed by atoms with Crippen molar-refractivity contribution in [2.45, 2.75) is 26.2 Å². The first-order valence-corrected chi connectivity index (χ1v) is 9.28. The molecule has 0 aliphatic rings. The Hall–Kier alpha value is -3.12. The van der Waals surface area contributed by atoms with Crippen molar-refractivity contribution in [2.24, 2.45) is 0 Å². The number of nitrogens with one attached hydrogen (secondary N) is 1. The van der Waals surface area contributed by atoms with E-state index in [1.54, 1.807) is 24.3 Å². The van der Waals surface area contributed by atoms with Gasteiger partial charge in [-0.25, -0.2) is 0 Å². The van der Waals surface area contributed by atoms with Crippen molar-refractivity contribution < 1.29 is 22.9 Å². The molecule has 0 fully saturated rings. The topological polar surface area (TPSA) is 108 Å². The molecule has 0 aliphatic heterocycles. The first-order chi connectivity index (χ1) is 14.5. The van der Waals surface area contributed by atoms with Crippen molar-refractivity contribution in [1.82, 2.24) is 19.6 Å². The summed E-state index contributed by atoms with van der Waals surface area (Å²) in [5.74, 6) is -0.854. The van der Waals surface area contributed by atoms with Crippen LogP contribution in [0.25, 0.3) is 0 Å². The van der Waals surface area contributed by atoms with Gasteiger partial charge in [-0.15, -0.1) is 0 Å². The average Bonchev–Trinajstić information content (AvgIpc) is 3.17. The van der Waals surface area contributed by atoms with Crippen LogP contribution < -0.4 is 5.32 Å². The van der Waals surface area contributed by atoms with Crippen molar-refractivity contribution in [3.8, 4) is 0 Å². The monoisotopic (exact) mass is 476 g/mol. The molecule has 0 radical (unpaired) electrons. The molecule has 1 amide bonds. The zero-order chi connectivity index (χ0) is 22.9. The number of benzene rings is 1. The number of halogens is 5. The number of carbonyl (C=O) groups is 1. The number of aromatic nitrogens is 4. The minimum Gasteiger partial charge on any atom is -0.306 e. The normalized spacial score (nSPS) is 11.5. The number of hydrogen-bond acceptors (Lipinski definition) is 5. The summed E-state index contributed by atoms with van der Waals surface area (Å²) < 4.78 is 41.1. The van der Waals surface area contributed by atoms with Crippen molar-refractivity contribution in [1.29, 1.82) is 0 Å². The zero-order valence-corrected chi connectivity index (χ0v) is 17.2. The number of nitrogens with zero attached hydrogens (tertiary/aromatic N) is 5. The molecule has 3 aromatic rings. The second kappa shape index (κ2) is 8.55. The third-order valence-electron chi connectivity index (χ3n) is 4.18. The van der Waals surface area contributed by atoms with Gasteiger partial charge in [0.05, 0.1) is 11.5 Å². The molecule has 31 heavy (non-hydrogen) atoms. The third kappa shape index (κ3) is 4.97. The second-order valence-corrected chi connectivity index (χ2v) is 7.17. The van der Waals surface area contributed by atoms with Gasteiger partial charge < -0.3 is 5.32 Å². The minimum absolute atomic E-state index is 0.0333. The molecular weight excluding hydrogens is 464 g/mol. The summed E-state index contributed by atoms with van der Waals surface area (Å²) in [7, 11) is 0. The fraction of sp³-hybridized carbons (Fsp3) is 0.235.